The monoisotopic (exact) mass is 270 g/mol. The number of hydrogen-bond acceptors (Lipinski definition) is 2. The molecule has 1 fully saturated rings. The molecule has 1 heterocycles. The van der Waals surface area contributed by atoms with Crippen LogP contribution in [0.1, 0.15) is 23.2 Å². The molecule has 1 aromatic carbocycles. The SMILES string of the molecule is CN(CC1CCCN1)C(=O)c1cc(Cl)ccc1F. The zero-order chi connectivity index (χ0) is 13.1. The molecule has 0 aromatic heterocycles. The van der Waals surface area contributed by atoms with Crippen LogP contribution in [0.2, 0.25) is 5.02 Å². The van der Waals surface area contributed by atoms with Crippen molar-refractivity contribution < 1.29 is 9.18 Å². The first-order valence-electron chi connectivity index (χ1n) is 6.02. The number of likely N-dealkylation sites (N-methyl/N-ethyl adjacent to an activating group) is 1. The molecule has 1 N–H and O–H groups in total. The molecule has 3 nitrogen and oxygen atoms in total. The lowest BCUT2D eigenvalue weighted by atomic mass is 10.1. The molecule has 0 bridgehead atoms. The number of amides is 1. The van der Waals surface area contributed by atoms with Crippen LogP contribution in [-0.2, 0) is 0 Å². The number of carbonyl (C=O) groups is 1. The third-order valence-corrected chi connectivity index (χ3v) is 3.40. The summed E-state index contributed by atoms with van der Waals surface area (Å²) in [5.74, 6) is -0.862. The number of halogens is 2. The Hall–Kier alpha value is -1.13. The highest BCUT2D eigenvalue weighted by Crippen LogP contribution is 2.17. The van der Waals surface area contributed by atoms with Gasteiger partial charge < -0.3 is 10.2 Å². The molecule has 1 saturated heterocycles. The summed E-state index contributed by atoms with van der Waals surface area (Å²) in [4.78, 5) is 13.6. The van der Waals surface area contributed by atoms with Crippen LogP contribution in [0.25, 0.3) is 0 Å². The van der Waals surface area contributed by atoms with Crippen molar-refractivity contribution in [1.82, 2.24) is 10.2 Å². The van der Waals surface area contributed by atoms with Crippen LogP contribution in [0.4, 0.5) is 4.39 Å². The van der Waals surface area contributed by atoms with Crippen molar-refractivity contribution in [1.29, 1.82) is 0 Å². The van der Waals surface area contributed by atoms with E-state index in [0.717, 1.165) is 19.4 Å². The van der Waals surface area contributed by atoms with Crippen LogP contribution in [0.15, 0.2) is 18.2 Å². The van der Waals surface area contributed by atoms with E-state index in [9.17, 15) is 9.18 Å². The second-order valence-corrected chi connectivity index (χ2v) is 5.04. The number of benzene rings is 1. The number of nitrogens with zero attached hydrogens (tertiary/aromatic N) is 1. The Bertz CT molecular complexity index is 447. The lowest BCUT2D eigenvalue weighted by Crippen LogP contribution is -2.38. The Morgan fingerprint density at radius 1 is 1.61 bits per heavy atom. The van der Waals surface area contributed by atoms with Crippen molar-refractivity contribution >= 4 is 17.5 Å². The summed E-state index contributed by atoms with van der Waals surface area (Å²) in [5.41, 5.74) is 0.0306. The minimum Gasteiger partial charge on any atom is -0.340 e. The molecule has 5 heteroatoms. The second kappa shape index (κ2) is 5.67. The summed E-state index contributed by atoms with van der Waals surface area (Å²) in [7, 11) is 1.68. The first kappa shape index (κ1) is 13.3. The summed E-state index contributed by atoms with van der Waals surface area (Å²) in [5, 5.41) is 3.67. The van der Waals surface area contributed by atoms with Gasteiger partial charge in [0.1, 0.15) is 5.82 Å². The standard InChI is InChI=1S/C13H16ClFN2O/c1-17(8-10-3-2-6-16-10)13(18)11-7-9(14)4-5-12(11)15/h4-5,7,10,16H,2-3,6,8H2,1H3. The van der Waals surface area contributed by atoms with Gasteiger partial charge in [-0.15, -0.1) is 0 Å². The molecule has 1 aliphatic rings. The van der Waals surface area contributed by atoms with E-state index in [-0.39, 0.29) is 11.5 Å². The lowest BCUT2D eigenvalue weighted by molar-refractivity contribution is 0.0779. The molecule has 0 spiro atoms. The van der Waals surface area contributed by atoms with Crippen LogP contribution < -0.4 is 5.32 Å². The third kappa shape index (κ3) is 3.00. The van der Waals surface area contributed by atoms with Crippen molar-refractivity contribution in [2.75, 3.05) is 20.1 Å². The van der Waals surface area contributed by atoms with Gasteiger partial charge in [0.2, 0.25) is 0 Å². The molecular weight excluding hydrogens is 255 g/mol. The van der Waals surface area contributed by atoms with Gasteiger partial charge in [0, 0.05) is 24.7 Å². The Labute approximate surface area is 111 Å². The van der Waals surface area contributed by atoms with Gasteiger partial charge in [-0.1, -0.05) is 11.6 Å². The van der Waals surface area contributed by atoms with Crippen molar-refractivity contribution in [2.45, 2.75) is 18.9 Å². The number of hydrogen-bond donors (Lipinski definition) is 1. The van der Waals surface area contributed by atoms with Crippen molar-refractivity contribution in [3.05, 3.63) is 34.6 Å². The van der Waals surface area contributed by atoms with Crippen LogP contribution >= 0.6 is 11.6 Å². The van der Waals surface area contributed by atoms with Crippen molar-refractivity contribution in [3.8, 4) is 0 Å². The molecule has 0 aliphatic carbocycles. The van der Waals surface area contributed by atoms with Gasteiger partial charge >= 0.3 is 0 Å². The fourth-order valence-electron chi connectivity index (χ4n) is 2.19. The predicted molar refractivity (Wildman–Crippen MR) is 69.4 cm³/mol. The van der Waals surface area contributed by atoms with E-state index < -0.39 is 5.82 Å². The maximum absolute atomic E-state index is 13.6. The smallest absolute Gasteiger partial charge is 0.256 e. The lowest BCUT2D eigenvalue weighted by Gasteiger charge is -2.21. The molecule has 1 aromatic rings. The Balaban J connectivity index is 2.07. The van der Waals surface area contributed by atoms with Crippen LogP contribution in [0, 0.1) is 5.82 Å². The molecule has 1 amide bonds. The summed E-state index contributed by atoms with van der Waals surface area (Å²) < 4.78 is 13.6. The highest BCUT2D eigenvalue weighted by Gasteiger charge is 2.21. The van der Waals surface area contributed by atoms with E-state index >= 15 is 0 Å². The molecule has 2 rings (SSSR count). The molecular formula is C13H16ClFN2O. The number of nitrogens with one attached hydrogen (secondary N) is 1. The van der Waals surface area contributed by atoms with E-state index in [2.05, 4.69) is 5.32 Å². The molecule has 1 unspecified atom stereocenters. The topological polar surface area (TPSA) is 32.3 Å². The first-order valence-corrected chi connectivity index (χ1v) is 6.39. The van der Waals surface area contributed by atoms with Crippen molar-refractivity contribution in [2.24, 2.45) is 0 Å². The van der Waals surface area contributed by atoms with Gasteiger partial charge in [-0.3, -0.25) is 4.79 Å². The van der Waals surface area contributed by atoms with Gasteiger partial charge in [0.25, 0.3) is 5.91 Å². The van der Waals surface area contributed by atoms with Gasteiger partial charge in [0.05, 0.1) is 5.56 Å². The van der Waals surface area contributed by atoms with Crippen LogP contribution in [0.5, 0.6) is 0 Å². The van der Waals surface area contributed by atoms with Crippen molar-refractivity contribution in [3.63, 3.8) is 0 Å². The summed E-state index contributed by atoms with van der Waals surface area (Å²) in [6.07, 6.45) is 2.17. The average molecular weight is 271 g/mol. The average Bonchev–Trinajstić information content (AvgIpc) is 2.84. The van der Waals surface area contributed by atoms with E-state index in [1.54, 1.807) is 7.05 Å². The largest absolute Gasteiger partial charge is 0.340 e. The highest BCUT2D eigenvalue weighted by atomic mass is 35.5. The molecule has 98 valence electrons. The summed E-state index contributed by atoms with van der Waals surface area (Å²) in [6, 6.07) is 4.34. The number of rotatable bonds is 3. The molecule has 0 saturated carbocycles. The Morgan fingerprint density at radius 2 is 2.39 bits per heavy atom. The minimum atomic E-state index is -0.532. The minimum absolute atomic E-state index is 0.0306. The summed E-state index contributed by atoms with van der Waals surface area (Å²) >= 11 is 5.79. The summed E-state index contributed by atoms with van der Waals surface area (Å²) in [6.45, 7) is 1.57. The van der Waals surface area contributed by atoms with E-state index in [4.69, 9.17) is 11.6 Å². The van der Waals surface area contributed by atoms with Crippen LogP contribution in [-0.4, -0.2) is 37.0 Å². The quantitative estimate of drug-likeness (QED) is 0.914. The fourth-order valence-corrected chi connectivity index (χ4v) is 2.37. The second-order valence-electron chi connectivity index (χ2n) is 4.60. The molecule has 0 radical (unpaired) electrons. The zero-order valence-corrected chi connectivity index (χ0v) is 11.0. The molecule has 1 aliphatic heterocycles. The maximum atomic E-state index is 13.6. The van der Waals surface area contributed by atoms with Gasteiger partial charge in [-0.05, 0) is 37.6 Å². The molecule has 18 heavy (non-hydrogen) atoms. The van der Waals surface area contributed by atoms with Gasteiger partial charge in [-0.25, -0.2) is 4.39 Å². The maximum Gasteiger partial charge on any atom is 0.256 e. The first-order chi connectivity index (χ1) is 8.58. The van der Waals surface area contributed by atoms with Gasteiger partial charge in [0.15, 0.2) is 0 Å². The van der Waals surface area contributed by atoms with E-state index in [0.29, 0.717) is 17.6 Å². The Kier molecular flexibility index (Phi) is 4.19. The molecule has 1 atom stereocenters. The van der Waals surface area contributed by atoms with E-state index in [1.807, 2.05) is 0 Å². The van der Waals surface area contributed by atoms with Gasteiger partial charge in [-0.2, -0.15) is 0 Å². The van der Waals surface area contributed by atoms with Crippen LogP contribution in [0.3, 0.4) is 0 Å². The zero-order valence-electron chi connectivity index (χ0n) is 10.2. The normalized spacial score (nSPS) is 18.9. The highest BCUT2D eigenvalue weighted by molar-refractivity contribution is 6.30. The number of carbonyl (C=O) groups excluding carboxylic acids is 1. The Morgan fingerprint density at radius 3 is 3.06 bits per heavy atom. The van der Waals surface area contributed by atoms with E-state index in [1.165, 1.54) is 23.1 Å². The third-order valence-electron chi connectivity index (χ3n) is 3.16. The predicted octanol–water partition coefficient (Wildman–Crippen LogP) is 2.30. The fraction of sp³-hybridized carbons (Fsp3) is 0.462.